The molecule has 0 amide bonds. The van der Waals surface area contributed by atoms with E-state index in [1.165, 1.54) is 19.3 Å². The molecule has 3 N–H and O–H groups in total. The van der Waals surface area contributed by atoms with Crippen molar-refractivity contribution in [2.75, 3.05) is 0 Å². The molecule has 0 aliphatic carbocycles. The van der Waals surface area contributed by atoms with Crippen LogP contribution in [0.25, 0.3) is 0 Å². The lowest BCUT2D eigenvalue weighted by Crippen LogP contribution is -2.23. The third-order valence-corrected chi connectivity index (χ3v) is 3.53. The minimum Gasteiger partial charge on any atom is -0.481 e. The number of allylic oxidation sites excluding steroid dienone is 3. The van der Waals surface area contributed by atoms with E-state index in [0.717, 1.165) is 25.7 Å². The summed E-state index contributed by atoms with van der Waals surface area (Å²) in [6, 6.07) is 0. The SMILES string of the molecule is CCCCCC=CCC=C[C@H](O)[C@@H](O)CCCCCC(=O)O. The van der Waals surface area contributed by atoms with Gasteiger partial charge in [0.2, 0.25) is 0 Å². The summed E-state index contributed by atoms with van der Waals surface area (Å²) in [6.45, 7) is 2.19. The highest BCUT2D eigenvalue weighted by Crippen LogP contribution is 2.09. The quantitative estimate of drug-likeness (QED) is 0.336. The molecule has 2 atom stereocenters. The van der Waals surface area contributed by atoms with Crippen LogP contribution in [0.4, 0.5) is 0 Å². The first kappa shape index (κ1) is 20.9. The molecule has 128 valence electrons. The Hall–Kier alpha value is -1.13. The highest BCUT2D eigenvalue weighted by molar-refractivity contribution is 5.66. The highest BCUT2D eigenvalue weighted by atomic mass is 16.4. The molecule has 0 aromatic heterocycles. The molecule has 0 spiro atoms. The van der Waals surface area contributed by atoms with Crippen LogP contribution < -0.4 is 0 Å². The van der Waals surface area contributed by atoms with Crippen molar-refractivity contribution in [3.05, 3.63) is 24.3 Å². The van der Waals surface area contributed by atoms with Gasteiger partial charge in [0.15, 0.2) is 0 Å². The van der Waals surface area contributed by atoms with E-state index in [2.05, 4.69) is 19.1 Å². The number of carboxylic acid groups (broad SMARTS) is 1. The summed E-state index contributed by atoms with van der Waals surface area (Å²) in [4.78, 5) is 10.3. The minimum absolute atomic E-state index is 0.170. The molecular formula is C18H32O4. The molecule has 0 radical (unpaired) electrons. The van der Waals surface area contributed by atoms with Gasteiger partial charge in [-0.25, -0.2) is 0 Å². The molecule has 0 unspecified atom stereocenters. The molecule has 0 aromatic rings. The van der Waals surface area contributed by atoms with Crippen LogP contribution in [0.15, 0.2) is 24.3 Å². The van der Waals surface area contributed by atoms with Crippen LogP contribution in [0.5, 0.6) is 0 Å². The molecule has 0 aromatic carbocycles. The highest BCUT2D eigenvalue weighted by Gasteiger charge is 2.12. The fraction of sp³-hybridized carbons (Fsp3) is 0.722. The Labute approximate surface area is 134 Å². The van der Waals surface area contributed by atoms with Gasteiger partial charge in [0.1, 0.15) is 0 Å². The van der Waals surface area contributed by atoms with Crippen molar-refractivity contribution in [1.82, 2.24) is 0 Å². The fourth-order valence-electron chi connectivity index (χ4n) is 2.13. The van der Waals surface area contributed by atoms with Gasteiger partial charge in [-0.15, -0.1) is 0 Å². The van der Waals surface area contributed by atoms with E-state index in [9.17, 15) is 15.0 Å². The number of hydrogen-bond acceptors (Lipinski definition) is 3. The molecule has 4 nitrogen and oxygen atoms in total. The summed E-state index contributed by atoms with van der Waals surface area (Å²) < 4.78 is 0. The summed E-state index contributed by atoms with van der Waals surface area (Å²) in [7, 11) is 0. The summed E-state index contributed by atoms with van der Waals surface area (Å²) in [5.74, 6) is -0.786. The molecule has 0 aliphatic rings. The number of carboxylic acids is 1. The lowest BCUT2D eigenvalue weighted by Gasteiger charge is -2.14. The monoisotopic (exact) mass is 312 g/mol. The largest absolute Gasteiger partial charge is 0.481 e. The number of unbranched alkanes of at least 4 members (excludes halogenated alkanes) is 5. The number of aliphatic carboxylic acids is 1. The van der Waals surface area contributed by atoms with Crippen LogP contribution in [0.3, 0.4) is 0 Å². The van der Waals surface area contributed by atoms with E-state index in [0.29, 0.717) is 12.8 Å². The smallest absolute Gasteiger partial charge is 0.303 e. The summed E-state index contributed by atoms with van der Waals surface area (Å²) in [6.07, 6.45) is 14.5. The zero-order chi connectivity index (χ0) is 16.6. The van der Waals surface area contributed by atoms with Crippen LogP contribution in [-0.4, -0.2) is 33.5 Å². The molecule has 0 fully saturated rings. The van der Waals surface area contributed by atoms with Gasteiger partial charge < -0.3 is 15.3 Å². The van der Waals surface area contributed by atoms with Crippen LogP contribution in [-0.2, 0) is 4.79 Å². The first-order valence-corrected chi connectivity index (χ1v) is 8.47. The summed E-state index contributed by atoms with van der Waals surface area (Å²) >= 11 is 0. The maximum absolute atomic E-state index is 10.3. The lowest BCUT2D eigenvalue weighted by molar-refractivity contribution is -0.137. The molecule has 22 heavy (non-hydrogen) atoms. The van der Waals surface area contributed by atoms with Crippen LogP contribution >= 0.6 is 0 Å². The van der Waals surface area contributed by atoms with Gasteiger partial charge in [-0.2, -0.15) is 0 Å². The predicted molar refractivity (Wildman–Crippen MR) is 89.8 cm³/mol. The van der Waals surface area contributed by atoms with Gasteiger partial charge in [-0.05, 0) is 32.1 Å². The topological polar surface area (TPSA) is 77.8 Å². The van der Waals surface area contributed by atoms with Crippen LogP contribution in [0.2, 0.25) is 0 Å². The van der Waals surface area contributed by atoms with Crippen molar-refractivity contribution in [1.29, 1.82) is 0 Å². The van der Waals surface area contributed by atoms with Gasteiger partial charge in [0.25, 0.3) is 0 Å². The second-order valence-electron chi connectivity index (χ2n) is 5.68. The Balaban J connectivity index is 3.65. The van der Waals surface area contributed by atoms with Crippen LogP contribution in [0.1, 0.15) is 71.1 Å². The third-order valence-electron chi connectivity index (χ3n) is 3.53. The average Bonchev–Trinajstić information content (AvgIpc) is 2.48. The van der Waals surface area contributed by atoms with E-state index in [1.807, 2.05) is 6.08 Å². The molecule has 0 bridgehead atoms. The van der Waals surface area contributed by atoms with Crippen molar-refractivity contribution >= 4 is 5.97 Å². The summed E-state index contributed by atoms with van der Waals surface area (Å²) in [5, 5.41) is 28.1. The van der Waals surface area contributed by atoms with E-state index >= 15 is 0 Å². The van der Waals surface area contributed by atoms with E-state index in [1.54, 1.807) is 6.08 Å². The summed E-state index contributed by atoms with van der Waals surface area (Å²) in [5.41, 5.74) is 0. The van der Waals surface area contributed by atoms with Crippen LogP contribution in [0, 0.1) is 0 Å². The van der Waals surface area contributed by atoms with Gasteiger partial charge in [0, 0.05) is 6.42 Å². The predicted octanol–water partition coefficient (Wildman–Crippen LogP) is 3.83. The Morgan fingerprint density at radius 3 is 2.45 bits per heavy atom. The van der Waals surface area contributed by atoms with E-state index < -0.39 is 18.2 Å². The lowest BCUT2D eigenvalue weighted by atomic mass is 10.0. The second kappa shape index (κ2) is 14.8. The fourth-order valence-corrected chi connectivity index (χ4v) is 2.13. The number of aliphatic hydroxyl groups is 2. The van der Waals surface area contributed by atoms with Gasteiger partial charge in [-0.1, -0.05) is 56.9 Å². The molecule has 0 heterocycles. The Morgan fingerprint density at radius 2 is 1.77 bits per heavy atom. The zero-order valence-electron chi connectivity index (χ0n) is 13.8. The van der Waals surface area contributed by atoms with Gasteiger partial charge in [-0.3, -0.25) is 4.79 Å². The van der Waals surface area contributed by atoms with Crippen molar-refractivity contribution in [3.8, 4) is 0 Å². The Kier molecular flexibility index (Phi) is 14.0. The van der Waals surface area contributed by atoms with Crippen molar-refractivity contribution in [2.45, 2.75) is 83.3 Å². The number of hydrogen-bond donors (Lipinski definition) is 3. The number of carbonyl (C=O) groups is 1. The number of rotatable bonds is 14. The molecule has 0 saturated carbocycles. The first-order chi connectivity index (χ1) is 10.6. The Morgan fingerprint density at radius 1 is 1.00 bits per heavy atom. The molecule has 4 heteroatoms. The van der Waals surface area contributed by atoms with Gasteiger partial charge >= 0.3 is 5.97 Å². The molecule has 0 saturated heterocycles. The van der Waals surface area contributed by atoms with Gasteiger partial charge in [0.05, 0.1) is 12.2 Å². The average molecular weight is 312 g/mol. The normalized spacial score (nSPS) is 14.7. The maximum Gasteiger partial charge on any atom is 0.303 e. The second-order valence-corrected chi connectivity index (χ2v) is 5.68. The van der Waals surface area contributed by atoms with Crippen molar-refractivity contribution in [2.24, 2.45) is 0 Å². The van der Waals surface area contributed by atoms with Crippen molar-refractivity contribution < 1.29 is 20.1 Å². The number of aliphatic hydroxyl groups excluding tert-OH is 2. The zero-order valence-corrected chi connectivity index (χ0v) is 13.8. The maximum atomic E-state index is 10.3. The standard InChI is InChI=1S/C18H32O4/c1-2-3-4-5-6-7-8-10-13-16(19)17(20)14-11-9-12-15-18(21)22/h6-7,10,13,16-17,19-20H,2-5,8-9,11-12,14-15H2,1H3,(H,21,22)/t16-,17-/m0/s1. The molecule has 0 aliphatic heterocycles. The van der Waals surface area contributed by atoms with E-state index in [4.69, 9.17) is 5.11 Å². The first-order valence-electron chi connectivity index (χ1n) is 8.47. The minimum atomic E-state index is -0.840. The Bertz CT molecular complexity index is 323. The molecular weight excluding hydrogens is 280 g/mol. The third kappa shape index (κ3) is 13.8. The van der Waals surface area contributed by atoms with Crippen molar-refractivity contribution in [3.63, 3.8) is 0 Å². The van der Waals surface area contributed by atoms with E-state index in [-0.39, 0.29) is 6.42 Å². The molecule has 0 rings (SSSR count).